The molecule has 21 heavy (non-hydrogen) atoms. The number of nitriles is 1. The maximum Gasteiger partial charge on any atom is 0.323 e. The number of anilines is 3. The largest absolute Gasteiger partial charge is 0.464 e. The minimum atomic E-state index is 0.114. The average molecular weight is 306 g/mol. The summed E-state index contributed by atoms with van der Waals surface area (Å²) in [5, 5.41) is 12.5. The first kappa shape index (κ1) is 14.8. The summed E-state index contributed by atoms with van der Waals surface area (Å²) >= 11 is 5.92. The molecule has 1 heterocycles. The minimum absolute atomic E-state index is 0.114. The van der Waals surface area contributed by atoms with Gasteiger partial charge in [-0.25, -0.2) is 5.84 Å². The van der Waals surface area contributed by atoms with Crippen LogP contribution in [0.3, 0.4) is 0 Å². The number of nitrogens with zero attached hydrogens (tertiary/aromatic N) is 4. The van der Waals surface area contributed by atoms with E-state index in [0.717, 1.165) is 0 Å². The number of nitrogens with one attached hydrogen (secondary N) is 2. The number of hydrazine groups is 1. The fourth-order valence-electron chi connectivity index (χ4n) is 1.51. The topological polar surface area (TPSA) is 122 Å². The molecule has 4 N–H and O–H groups in total. The number of hydrogen-bond donors (Lipinski definition) is 3. The van der Waals surface area contributed by atoms with Crippen LogP contribution in [0.2, 0.25) is 5.02 Å². The van der Waals surface area contributed by atoms with Crippen molar-refractivity contribution in [1.29, 1.82) is 5.26 Å². The molecular weight excluding hydrogens is 294 g/mol. The van der Waals surface area contributed by atoms with E-state index in [1.807, 2.05) is 6.07 Å². The zero-order valence-electron chi connectivity index (χ0n) is 11.1. The van der Waals surface area contributed by atoms with Gasteiger partial charge in [-0.15, -0.1) is 0 Å². The highest BCUT2D eigenvalue weighted by Gasteiger charge is 2.09. The van der Waals surface area contributed by atoms with Gasteiger partial charge in [0.15, 0.2) is 0 Å². The molecule has 0 bridgehead atoms. The molecule has 0 amide bonds. The highest BCUT2D eigenvalue weighted by atomic mass is 35.5. The fourth-order valence-corrected chi connectivity index (χ4v) is 1.68. The van der Waals surface area contributed by atoms with Crippen LogP contribution in [0.4, 0.5) is 17.6 Å². The van der Waals surface area contributed by atoms with E-state index in [4.69, 9.17) is 27.4 Å². The molecule has 0 aliphatic rings. The molecule has 0 atom stereocenters. The van der Waals surface area contributed by atoms with Crippen LogP contribution in [-0.2, 0) is 0 Å². The molecule has 0 aliphatic carbocycles. The Morgan fingerprint density at radius 2 is 2.10 bits per heavy atom. The molecular formula is C12H12ClN7O. The van der Waals surface area contributed by atoms with Crippen LogP contribution in [0.15, 0.2) is 18.2 Å². The smallest absolute Gasteiger partial charge is 0.323 e. The van der Waals surface area contributed by atoms with Crippen LogP contribution in [0, 0.1) is 11.3 Å². The summed E-state index contributed by atoms with van der Waals surface area (Å²) < 4.78 is 5.22. The van der Waals surface area contributed by atoms with Crippen molar-refractivity contribution in [2.45, 2.75) is 6.92 Å². The van der Waals surface area contributed by atoms with E-state index in [-0.39, 0.29) is 17.9 Å². The maximum atomic E-state index is 9.08. The number of halogens is 1. The zero-order valence-corrected chi connectivity index (χ0v) is 11.8. The van der Waals surface area contributed by atoms with Crippen molar-refractivity contribution >= 4 is 29.2 Å². The summed E-state index contributed by atoms with van der Waals surface area (Å²) in [5.74, 6) is 5.61. The van der Waals surface area contributed by atoms with Gasteiger partial charge < -0.3 is 10.1 Å². The van der Waals surface area contributed by atoms with Crippen LogP contribution in [0.25, 0.3) is 0 Å². The molecule has 2 rings (SSSR count). The van der Waals surface area contributed by atoms with E-state index in [1.165, 1.54) is 0 Å². The van der Waals surface area contributed by atoms with Crippen molar-refractivity contribution in [3.63, 3.8) is 0 Å². The van der Waals surface area contributed by atoms with Crippen LogP contribution >= 0.6 is 11.6 Å². The first-order chi connectivity index (χ1) is 10.2. The zero-order chi connectivity index (χ0) is 15.2. The highest BCUT2D eigenvalue weighted by Crippen LogP contribution is 2.23. The summed E-state index contributed by atoms with van der Waals surface area (Å²) in [5.41, 5.74) is 3.20. The van der Waals surface area contributed by atoms with Crippen molar-refractivity contribution < 1.29 is 4.74 Å². The quantitative estimate of drug-likeness (QED) is 0.565. The molecule has 0 unspecified atom stereocenters. The van der Waals surface area contributed by atoms with Gasteiger partial charge in [0.2, 0.25) is 11.9 Å². The average Bonchev–Trinajstić information content (AvgIpc) is 2.47. The van der Waals surface area contributed by atoms with Crippen LogP contribution < -0.4 is 21.3 Å². The monoisotopic (exact) mass is 305 g/mol. The highest BCUT2D eigenvalue weighted by molar-refractivity contribution is 6.30. The lowest BCUT2D eigenvalue weighted by molar-refractivity contribution is 0.312. The second-order valence-electron chi connectivity index (χ2n) is 3.77. The van der Waals surface area contributed by atoms with Crippen molar-refractivity contribution in [3.8, 4) is 12.1 Å². The van der Waals surface area contributed by atoms with Gasteiger partial charge in [-0.05, 0) is 25.1 Å². The Balaban J connectivity index is 2.37. The SMILES string of the molecule is CCOc1nc(NN)nc(Nc2cc(Cl)ccc2C#N)n1. The standard InChI is InChI=1S/C12H12ClN7O/c1-2-21-12-18-10(17-11(19-12)20-15)16-9-5-8(13)4-3-7(9)6-14/h3-5H,2,15H2,1H3,(H2,16,17,18,19,20). The normalized spacial score (nSPS) is 9.81. The molecule has 0 spiro atoms. The Kier molecular flexibility index (Phi) is 4.71. The lowest BCUT2D eigenvalue weighted by atomic mass is 10.2. The Morgan fingerprint density at radius 3 is 2.76 bits per heavy atom. The summed E-state index contributed by atoms with van der Waals surface area (Å²) in [4.78, 5) is 12.0. The summed E-state index contributed by atoms with van der Waals surface area (Å²) in [6, 6.07) is 6.98. The van der Waals surface area contributed by atoms with Crippen LogP contribution in [0.5, 0.6) is 6.01 Å². The summed E-state index contributed by atoms with van der Waals surface area (Å²) in [6.45, 7) is 2.20. The van der Waals surface area contributed by atoms with Crippen molar-refractivity contribution in [2.24, 2.45) is 5.84 Å². The van der Waals surface area contributed by atoms with Gasteiger partial charge in [-0.1, -0.05) is 11.6 Å². The third kappa shape index (κ3) is 3.68. The Hall–Kier alpha value is -2.63. The molecule has 0 aliphatic heterocycles. The number of nitrogens with two attached hydrogens (primary N) is 1. The summed E-state index contributed by atoms with van der Waals surface area (Å²) in [7, 11) is 0. The first-order valence-corrected chi connectivity index (χ1v) is 6.36. The lowest BCUT2D eigenvalue weighted by Crippen LogP contribution is -2.13. The van der Waals surface area contributed by atoms with E-state index in [2.05, 4.69) is 25.7 Å². The molecule has 0 fully saturated rings. The van der Waals surface area contributed by atoms with Crippen molar-refractivity contribution in [2.75, 3.05) is 17.3 Å². The third-order valence-electron chi connectivity index (χ3n) is 2.37. The van der Waals surface area contributed by atoms with Gasteiger partial charge in [-0.2, -0.15) is 20.2 Å². The second-order valence-corrected chi connectivity index (χ2v) is 4.21. The Bertz CT molecular complexity index is 686. The number of rotatable bonds is 5. The molecule has 108 valence electrons. The predicted octanol–water partition coefficient (Wildman–Crippen LogP) is 1.82. The summed E-state index contributed by atoms with van der Waals surface area (Å²) in [6.07, 6.45) is 0. The van der Waals surface area contributed by atoms with Crippen molar-refractivity contribution in [1.82, 2.24) is 15.0 Å². The van der Waals surface area contributed by atoms with Gasteiger partial charge in [0, 0.05) is 5.02 Å². The molecule has 0 radical (unpaired) electrons. The molecule has 0 saturated carbocycles. The van der Waals surface area contributed by atoms with E-state index >= 15 is 0 Å². The number of nitrogen functional groups attached to an aromatic ring is 1. The third-order valence-corrected chi connectivity index (χ3v) is 2.60. The van der Waals surface area contributed by atoms with Crippen molar-refractivity contribution in [3.05, 3.63) is 28.8 Å². The first-order valence-electron chi connectivity index (χ1n) is 5.98. The van der Waals surface area contributed by atoms with Crippen LogP contribution in [0.1, 0.15) is 12.5 Å². The number of ether oxygens (including phenoxy) is 1. The molecule has 0 saturated heterocycles. The Morgan fingerprint density at radius 1 is 1.33 bits per heavy atom. The lowest BCUT2D eigenvalue weighted by Gasteiger charge is -2.09. The van der Waals surface area contributed by atoms with E-state index in [0.29, 0.717) is 22.9 Å². The maximum absolute atomic E-state index is 9.08. The van der Waals surface area contributed by atoms with Crippen LogP contribution in [-0.4, -0.2) is 21.6 Å². The van der Waals surface area contributed by atoms with Gasteiger partial charge in [-0.3, -0.25) is 5.43 Å². The molecule has 1 aromatic carbocycles. The van der Waals surface area contributed by atoms with Gasteiger partial charge >= 0.3 is 6.01 Å². The van der Waals surface area contributed by atoms with E-state index in [1.54, 1.807) is 25.1 Å². The predicted molar refractivity (Wildman–Crippen MR) is 78.3 cm³/mol. The fraction of sp³-hybridized carbons (Fsp3) is 0.167. The van der Waals surface area contributed by atoms with E-state index < -0.39 is 0 Å². The van der Waals surface area contributed by atoms with Gasteiger partial charge in [0.1, 0.15) is 6.07 Å². The minimum Gasteiger partial charge on any atom is -0.464 e. The van der Waals surface area contributed by atoms with E-state index in [9.17, 15) is 0 Å². The Labute approximate surface area is 125 Å². The second kappa shape index (κ2) is 6.69. The molecule has 1 aromatic heterocycles. The molecule has 2 aromatic rings. The van der Waals surface area contributed by atoms with Gasteiger partial charge in [0.25, 0.3) is 0 Å². The number of aromatic nitrogens is 3. The molecule has 9 heteroatoms. The molecule has 8 nitrogen and oxygen atoms in total. The van der Waals surface area contributed by atoms with Gasteiger partial charge in [0.05, 0.1) is 17.9 Å². The number of benzene rings is 1. The number of hydrogen-bond acceptors (Lipinski definition) is 8.